The van der Waals surface area contributed by atoms with Crippen molar-refractivity contribution in [1.82, 2.24) is 0 Å². The summed E-state index contributed by atoms with van der Waals surface area (Å²) in [4.78, 5) is 22.1. The van der Waals surface area contributed by atoms with Gasteiger partial charge < -0.3 is 10.4 Å². The molecule has 1 aromatic carbocycles. The molecule has 0 aromatic heterocycles. The van der Waals surface area contributed by atoms with Crippen LogP contribution in [0.15, 0.2) is 24.3 Å². The minimum Gasteiger partial charge on any atom is -0.481 e. The van der Waals surface area contributed by atoms with Gasteiger partial charge in [0.25, 0.3) is 0 Å². The Labute approximate surface area is 121 Å². The number of halogens is 1. The quantitative estimate of drug-likeness (QED) is 0.828. The average Bonchev–Trinajstić information content (AvgIpc) is 2.26. The lowest BCUT2D eigenvalue weighted by molar-refractivity contribution is -0.137. The second-order valence-corrected chi connectivity index (χ2v) is 7.13. The summed E-state index contributed by atoms with van der Waals surface area (Å²) < 4.78 is 23.6. The van der Waals surface area contributed by atoms with E-state index in [1.807, 2.05) is 0 Å². The van der Waals surface area contributed by atoms with Crippen molar-refractivity contribution >= 4 is 39.0 Å². The molecule has 0 saturated carbocycles. The highest BCUT2D eigenvalue weighted by molar-refractivity contribution is 7.92. The fraction of sp³-hybridized carbons (Fsp3) is 0.333. The molecule has 1 aromatic rings. The number of amides is 1. The number of carbonyl (C=O) groups excluding carboxylic acids is 1. The lowest BCUT2D eigenvalue weighted by Gasteiger charge is -2.11. The van der Waals surface area contributed by atoms with Crippen molar-refractivity contribution in [3.8, 4) is 0 Å². The molecular weight excluding hydrogens is 306 g/mol. The van der Waals surface area contributed by atoms with Gasteiger partial charge in [0, 0.05) is 10.7 Å². The van der Waals surface area contributed by atoms with E-state index in [9.17, 15) is 18.0 Å². The van der Waals surface area contributed by atoms with Crippen LogP contribution in [0, 0.1) is 0 Å². The van der Waals surface area contributed by atoms with Crippen LogP contribution in [0.5, 0.6) is 0 Å². The van der Waals surface area contributed by atoms with E-state index in [1.165, 1.54) is 13.0 Å². The number of anilines is 1. The standard InChI is InChI=1S/C12H14ClNO5S/c1-8(5-12(16)17)20(18,19)7-11(15)14-10-4-2-3-9(13)6-10/h2-4,6,8H,5,7H2,1H3,(H,14,15)(H,16,17). The fourth-order valence-electron chi connectivity index (χ4n) is 1.46. The molecular formula is C12H14ClNO5S. The lowest BCUT2D eigenvalue weighted by atomic mass is 10.3. The number of aliphatic carboxylic acids is 1. The topological polar surface area (TPSA) is 101 Å². The molecule has 1 amide bonds. The number of hydrogen-bond acceptors (Lipinski definition) is 4. The van der Waals surface area contributed by atoms with Crippen molar-refractivity contribution < 1.29 is 23.1 Å². The van der Waals surface area contributed by atoms with Gasteiger partial charge in [0.15, 0.2) is 9.84 Å². The van der Waals surface area contributed by atoms with Gasteiger partial charge in [-0.05, 0) is 25.1 Å². The SMILES string of the molecule is CC(CC(=O)O)S(=O)(=O)CC(=O)Nc1cccc(Cl)c1. The zero-order valence-corrected chi connectivity index (χ0v) is 12.2. The third-order valence-electron chi connectivity index (χ3n) is 2.52. The Morgan fingerprint density at radius 3 is 2.60 bits per heavy atom. The molecule has 1 atom stereocenters. The molecule has 2 N–H and O–H groups in total. The highest BCUT2D eigenvalue weighted by atomic mass is 35.5. The summed E-state index contributed by atoms with van der Waals surface area (Å²) in [5, 5.41) is 10.3. The number of hydrogen-bond donors (Lipinski definition) is 2. The summed E-state index contributed by atoms with van der Waals surface area (Å²) in [7, 11) is -3.81. The highest BCUT2D eigenvalue weighted by Gasteiger charge is 2.26. The number of nitrogens with one attached hydrogen (secondary N) is 1. The summed E-state index contributed by atoms with van der Waals surface area (Å²) in [6.07, 6.45) is -0.535. The average molecular weight is 320 g/mol. The Morgan fingerprint density at radius 1 is 1.40 bits per heavy atom. The van der Waals surface area contributed by atoms with E-state index in [0.29, 0.717) is 10.7 Å². The third kappa shape index (κ3) is 5.18. The van der Waals surface area contributed by atoms with Gasteiger partial charge >= 0.3 is 5.97 Å². The molecule has 1 unspecified atom stereocenters. The maximum atomic E-state index is 11.8. The molecule has 8 heteroatoms. The van der Waals surface area contributed by atoms with Gasteiger partial charge in [-0.15, -0.1) is 0 Å². The van der Waals surface area contributed by atoms with Gasteiger partial charge in [-0.3, -0.25) is 9.59 Å². The predicted molar refractivity (Wildman–Crippen MR) is 75.6 cm³/mol. The van der Waals surface area contributed by atoms with Crippen molar-refractivity contribution in [2.24, 2.45) is 0 Å². The first kappa shape index (κ1) is 16.5. The number of rotatable bonds is 6. The van der Waals surface area contributed by atoms with E-state index in [-0.39, 0.29) is 0 Å². The van der Waals surface area contributed by atoms with Crippen molar-refractivity contribution in [2.75, 3.05) is 11.1 Å². The van der Waals surface area contributed by atoms with Crippen LogP contribution in [-0.4, -0.2) is 36.4 Å². The zero-order chi connectivity index (χ0) is 15.3. The lowest BCUT2D eigenvalue weighted by Crippen LogP contribution is -2.30. The monoisotopic (exact) mass is 319 g/mol. The second kappa shape index (κ2) is 6.71. The van der Waals surface area contributed by atoms with Crippen molar-refractivity contribution in [1.29, 1.82) is 0 Å². The Bertz CT molecular complexity index is 614. The van der Waals surface area contributed by atoms with Crippen LogP contribution in [0.4, 0.5) is 5.69 Å². The molecule has 20 heavy (non-hydrogen) atoms. The van der Waals surface area contributed by atoms with E-state index in [4.69, 9.17) is 16.7 Å². The zero-order valence-electron chi connectivity index (χ0n) is 10.7. The van der Waals surface area contributed by atoms with E-state index in [0.717, 1.165) is 0 Å². The predicted octanol–water partition coefficient (Wildman–Crippen LogP) is 1.56. The van der Waals surface area contributed by atoms with Gasteiger partial charge in [0.1, 0.15) is 5.75 Å². The molecule has 0 fully saturated rings. The Kier molecular flexibility index (Phi) is 5.52. The first-order chi connectivity index (χ1) is 9.20. The van der Waals surface area contributed by atoms with E-state index in [1.54, 1.807) is 18.2 Å². The van der Waals surface area contributed by atoms with Crippen LogP contribution in [0.25, 0.3) is 0 Å². The molecule has 110 valence electrons. The van der Waals surface area contributed by atoms with Crippen LogP contribution in [-0.2, 0) is 19.4 Å². The number of carboxylic acid groups (broad SMARTS) is 1. The fourth-order valence-corrected chi connectivity index (χ4v) is 2.77. The number of carbonyl (C=O) groups is 2. The normalized spacial score (nSPS) is 12.7. The molecule has 0 bridgehead atoms. The maximum Gasteiger partial charge on any atom is 0.304 e. The summed E-state index contributed by atoms with van der Waals surface area (Å²) in [5.41, 5.74) is 0.378. The van der Waals surface area contributed by atoms with Crippen molar-refractivity contribution in [3.63, 3.8) is 0 Å². The van der Waals surface area contributed by atoms with E-state index >= 15 is 0 Å². The van der Waals surface area contributed by atoms with Gasteiger partial charge in [0.2, 0.25) is 5.91 Å². The number of carboxylic acids is 1. The molecule has 6 nitrogen and oxygen atoms in total. The molecule has 0 saturated heterocycles. The molecule has 0 heterocycles. The van der Waals surface area contributed by atoms with Crippen molar-refractivity contribution in [3.05, 3.63) is 29.3 Å². The Hall–Kier alpha value is -1.60. The third-order valence-corrected chi connectivity index (χ3v) is 4.81. The molecule has 0 aliphatic rings. The molecule has 0 radical (unpaired) electrons. The van der Waals surface area contributed by atoms with Crippen molar-refractivity contribution in [2.45, 2.75) is 18.6 Å². The number of sulfone groups is 1. The van der Waals surface area contributed by atoms with Crippen LogP contribution < -0.4 is 5.32 Å². The van der Waals surface area contributed by atoms with Crippen LogP contribution in [0.2, 0.25) is 5.02 Å². The van der Waals surface area contributed by atoms with Crippen LogP contribution >= 0.6 is 11.6 Å². The van der Waals surface area contributed by atoms with Gasteiger partial charge in [-0.2, -0.15) is 0 Å². The minimum atomic E-state index is -3.81. The second-order valence-electron chi connectivity index (χ2n) is 4.27. The van der Waals surface area contributed by atoms with E-state index < -0.39 is 39.1 Å². The highest BCUT2D eigenvalue weighted by Crippen LogP contribution is 2.15. The minimum absolute atomic E-state index is 0.378. The van der Waals surface area contributed by atoms with Crippen LogP contribution in [0.1, 0.15) is 13.3 Å². The van der Waals surface area contributed by atoms with Gasteiger partial charge in [-0.1, -0.05) is 17.7 Å². The summed E-state index contributed by atoms with van der Waals surface area (Å²) >= 11 is 5.73. The largest absolute Gasteiger partial charge is 0.481 e. The van der Waals surface area contributed by atoms with Gasteiger partial charge in [0.05, 0.1) is 11.7 Å². The van der Waals surface area contributed by atoms with Crippen LogP contribution in [0.3, 0.4) is 0 Å². The molecule has 1 rings (SSSR count). The first-order valence-corrected chi connectivity index (χ1v) is 7.79. The Balaban J connectivity index is 2.68. The summed E-state index contributed by atoms with van der Waals surface area (Å²) in [6.45, 7) is 1.26. The Morgan fingerprint density at radius 2 is 2.05 bits per heavy atom. The summed E-state index contributed by atoms with van der Waals surface area (Å²) in [6, 6.07) is 6.27. The van der Waals surface area contributed by atoms with E-state index in [2.05, 4.69) is 5.32 Å². The molecule has 0 aliphatic heterocycles. The van der Waals surface area contributed by atoms with Gasteiger partial charge in [-0.25, -0.2) is 8.42 Å². The smallest absolute Gasteiger partial charge is 0.304 e. The first-order valence-electron chi connectivity index (χ1n) is 5.69. The molecule has 0 spiro atoms. The molecule has 0 aliphatic carbocycles. The number of benzene rings is 1. The maximum absolute atomic E-state index is 11.8. The summed E-state index contributed by atoms with van der Waals surface area (Å²) in [5.74, 6) is -2.73.